The molecule has 1 amide bonds. The number of methoxy groups -OCH3 is 1. The molecule has 0 unspecified atom stereocenters. The molecule has 0 saturated carbocycles. The molecule has 25 heavy (non-hydrogen) atoms. The van der Waals surface area contributed by atoms with Crippen molar-refractivity contribution in [3.63, 3.8) is 0 Å². The van der Waals surface area contributed by atoms with Crippen molar-refractivity contribution in [1.82, 2.24) is 5.32 Å². The Balaban J connectivity index is 2.21. The van der Waals surface area contributed by atoms with Gasteiger partial charge in [-0.1, -0.05) is 6.08 Å². The molecule has 0 fully saturated rings. The highest BCUT2D eigenvalue weighted by atomic mass is 32.2. The number of anilines is 1. The van der Waals surface area contributed by atoms with Crippen molar-refractivity contribution < 1.29 is 17.9 Å². The van der Waals surface area contributed by atoms with Gasteiger partial charge in [0.15, 0.2) is 0 Å². The number of carbonyl (C=O) groups excluding carboxylic acids is 1. The molecule has 0 heterocycles. The van der Waals surface area contributed by atoms with Crippen molar-refractivity contribution in [2.45, 2.75) is 11.8 Å². The maximum atomic E-state index is 12.5. The van der Waals surface area contributed by atoms with Crippen LogP contribution in [0.15, 0.2) is 60.0 Å². The molecule has 0 aliphatic carbocycles. The van der Waals surface area contributed by atoms with Crippen molar-refractivity contribution in [3.8, 4) is 5.75 Å². The van der Waals surface area contributed by atoms with E-state index in [-0.39, 0.29) is 10.8 Å². The van der Waals surface area contributed by atoms with Gasteiger partial charge in [-0.2, -0.15) is 0 Å². The van der Waals surface area contributed by atoms with Crippen LogP contribution in [-0.4, -0.2) is 28.0 Å². The number of nitrogens with one attached hydrogen (secondary N) is 2. The Labute approximate surface area is 147 Å². The molecule has 0 spiro atoms. The number of carbonyl (C=O) groups is 1. The second-order valence-corrected chi connectivity index (χ2v) is 6.99. The van der Waals surface area contributed by atoms with Gasteiger partial charge >= 0.3 is 0 Å². The van der Waals surface area contributed by atoms with E-state index < -0.39 is 10.0 Å². The van der Waals surface area contributed by atoms with Crippen molar-refractivity contribution in [2.24, 2.45) is 0 Å². The number of sulfonamides is 1. The van der Waals surface area contributed by atoms with E-state index in [2.05, 4.69) is 16.6 Å². The van der Waals surface area contributed by atoms with Gasteiger partial charge in [0.2, 0.25) is 0 Å². The third-order valence-electron chi connectivity index (χ3n) is 3.51. The Morgan fingerprint density at radius 2 is 1.88 bits per heavy atom. The summed E-state index contributed by atoms with van der Waals surface area (Å²) in [6, 6.07) is 10.9. The molecule has 2 rings (SSSR count). The fourth-order valence-electron chi connectivity index (χ4n) is 2.14. The smallest absolute Gasteiger partial charge is 0.261 e. The molecule has 132 valence electrons. The summed E-state index contributed by atoms with van der Waals surface area (Å²) in [5.41, 5.74) is 1.51. The van der Waals surface area contributed by atoms with Gasteiger partial charge < -0.3 is 10.1 Å². The standard InChI is InChI=1S/C18H20N2O4S/c1-4-11-19-18(21)14-5-10-17(13(2)12-14)20-25(22,23)16-8-6-15(24-3)7-9-16/h4-10,12,20H,1,11H2,2-3H3,(H,19,21). The molecular weight excluding hydrogens is 340 g/mol. The van der Waals surface area contributed by atoms with Crippen molar-refractivity contribution >= 4 is 21.6 Å². The first-order valence-corrected chi connectivity index (χ1v) is 9.02. The lowest BCUT2D eigenvalue weighted by molar-refractivity contribution is 0.0958. The third kappa shape index (κ3) is 4.60. The topological polar surface area (TPSA) is 84.5 Å². The molecule has 2 N–H and O–H groups in total. The molecule has 0 aliphatic heterocycles. The summed E-state index contributed by atoms with van der Waals surface area (Å²) in [5, 5.41) is 2.67. The summed E-state index contributed by atoms with van der Waals surface area (Å²) < 4.78 is 32.5. The fraction of sp³-hybridized carbons (Fsp3) is 0.167. The summed E-state index contributed by atoms with van der Waals surface area (Å²) in [6.07, 6.45) is 1.59. The van der Waals surface area contributed by atoms with Crippen LogP contribution in [0.3, 0.4) is 0 Å². The molecular formula is C18H20N2O4S. The number of rotatable bonds is 7. The van der Waals surface area contributed by atoms with Gasteiger partial charge in [0, 0.05) is 12.1 Å². The van der Waals surface area contributed by atoms with Gasteiger partial charge in [0.1, 0.15) is 5.75 Å². The zero-order valence-corrected chi connectivity index (χ0v) is 14.9. The van der Waals surface area contributed by atoms with Crippen LogP contribution in [0.1, 0.15) is 15.9 Å². The van der Waals surface area contributed by atoms with Crippen molar-refractivity contribution in [2.75, 3.05) is 18.4 Å². The van der Waals surface area contributed by atoms with Crippen LogP contribution in [0.2, 0.25) is 0 Å². The van der Waals surface area contributed by atoms with Crippen LogP contribution in [-0.2, 0) is 10.0 Å². The summed E-state index contributed by atoms with van der Waals surface area (Å²) in [4.78, 5) is 12.1. The molecule has 6 nitrogen and oxygen atoms in total. The largest absolute Gasteiger partial charge is 0.497 e. The lowest BCUT2D eigenvalue weighted by atomic mass is 10.1. The van der Waals surface area contributed by atoms with Gasteiger partial charge in [0.05, 0.1) is 17.7 Å². The van der Waals surface area contributed by atoms with E-state index in [0.29, 0.717) is 29.1 Å². The Bertz CT molecular complexity index is 874. The van der Waals surface area contributed by atoms with E-state index in [1.54, 1.807) is 43.3 Å². The summed E-state index contributed by atoms with van der Waals surface area (Å²) in [5.74, 6) is 0.331. The molecule has 7 heteroatoms. The second kappa shape index (κ2) is 7.85. The van der Waals surface area contributed by atoms with Crippen LogP contribution in [0, 0.1) is 6.92 Å². The first-order chi connectivity index (χ1) is 11.9. The van der Waals surface area contributed by atoms with Crippen LogP contribution >= 0.6 is 0 Å². The minimum atomic E-state index is -3.73. The van der Waals surface area contributed by atoms with Gasteiger partial charge in [-0.15, -0.1) is 6.58 Å². The van der Waals surface area contributed by atoms with Crippen molar-refractivity contribution in [3.05, 3.63) is 66.2 Å². The van der Waals surface area contributed by atoms with E-state index in [9.17, 15) is 13.2 Å². The third-order valence-corrected chi connectivity index (χ3v) is 4.89. The summed E-state index contributed by atoms with van der Waals surface area (Å²) in [7, 11) is -2.22. The lowest BCUT2D eigenvalue weighted by Crippen LogP contribution is -2.23. The summed E-state index contributed by atoms with van der Waals surface area (Å²) in [6.45, 7) is 5.64. The predicted molar refractivity (Wildman–Crippen MR) is 97.5 cm³/mol. The first kappa shape index (κ1) is 18.5. The zero-order valence-electron chi connectivity index (χ0n) is 14.1. The Morgan fingerprint density at radius 1 is 1.20 bits per heavy atom. The normalized spacial score (nSPS) is 10.8. The van der Waals surface area contributed by atoms with Crippen molar-refractivity contribution in [1.29, 1.82) is 0 Å². The highest BCUT2D eigenvalue weighted by molar-refractivity contribution is 7.92. The molecule has 0 atom stereocenters. The molecule has 0 radical (unpaired) electrons. The minimum Gasteiger partial charge on any atom is -0.497 e. The Morgan fingerprint density at radius 3 is 2.44 bits per heavy atom. The maximum Gasteiger partial charge on any atom is 0.261 e. The van der Waals surface area contributed by atoms with Gasteiger partial charge in [-0.25, -0.2) is 8.42 Å². The Kier molecular flexibility index (Phi) is 5.82. The minimum absolute atomic E-state index is 0.125. The highest BCUT2D eigenvalue weighted by Gasteiger charge is 2.16. The van der Waals surface area contributed by atoms with E-state index >= 15 is 0 Å². The average Bonchev–Trinajstić information content (AvgIpc) is 2.61. The molecule has 0 bridgehead atoms. The molecule has 2 aromatic carbocycles. The predicted octanol–water partition coefficient (Wildman–Crippen LogP) is 2.72. The van der Waals surface area contributed by atoms with Gasteiger partial charge in [-0.05, 0) is 55.0 Å². The number of ether oxygens (including phenoxy) is 1. The van der Waals surface area contributed by atoms with E-state index in [1.807, 2.05) is 0 Å². The molecule has 0 aromatic heterocycles. The fourth-order valence-corrected chi connectivity index (χ4v) is 3.28. The highest BCUT2D eigenvalue weighted by Crippen LogP contribution is 2.22. The molecule has 0 aliphatic rings. The van der Waals surface area contributed by atoms with Crippen LogP contribution < -0.4 is 14.8 Å². The number of hydrogen-bond acceptors (Lipinski definition) is 4. The van der Waals surface area contributed by atoms with E-state index in [1.165, 1.54) is 19.2 Å². The van der Waals surface area contributed by atoms with Crippen LogP contribution in [0.4, 0.5) is 5.69 Å². The maximum absolute atomic E-state index is 12.5. The molecule has 0 saturated heterocycles. The Hall–Kier alpha value is -2.80. The number of hydrogen-bond donors (Lipinski definition) is 2. The molecule has 2 aromatic rings. The number of amides is 1. The SMILES string of the molecule is C=CCNC(=O)c1ccc(NS(=O)(=O)c2ccc(OC)cc2)c(C)c1. The second-order valence-electron chi connectivity index (χ2n) is 5.31. The first-order valence-electron chi connectivity index (χ1n) is 7.54. The summed E-state index contributed by atoms with van der Waals surface area (Å²) >= 11 is 0. The van der Waals surface area contributed by atoms with E-state index in [4.69, 9.17) is 4.74 Å². The number of aryl methyl sites for hydroxylation is 1. The van der Waals surface area contributed by atoms with Gasteiger partial charge in [-0.3, -0.25) is 9.52 Å². The lowest BCUT2D eigenvalue weighted by Gasteiger charge is -2.12. The van der Waals surface area contributed by atoms with E-state index in [0.717, 1.165) is 0 Å². The zero-order chi connectivity index (χ0) is 18.4. The number of benzene rings is 2. The van der Waals surface area contributed by atoms with Crippen LogP contribution in [0.5, 0.6) is 5.75 Å². The van der Waals surface area contributed by atoms with Gasteiger partial charge in [0.25, 0.3) is 15.9 Å². The van der Waals surface area contributed by atoms with Crippen LogP contribution in [0.25, 0.3) is 0 Å². The quantitative estimate of drug-likeness (QED) is 0.744. The average molecular weight is 360 g/mol. The monoisotopic (exact) mass is 360 g/mol.